The molecule has 1 N–H and O–H groups in total. The predicted molar refractivity (Wildman–Crippen MR) is 116 cm³/mol. The Morgan fingerprint density at radius 2 is 1.29 bits per heavy atom. The first-order chi connectivity index (χ1) is 13.2. The van der Waals surface area contributed by atoms with Crippen LogP contribution in [0.1, 0.15) is 71.1 Å². The van der Waals surface area contributed by atoms with Crippen LogP contribution < -0.4 is 0 Å². The Kier molecular flexibility index (Phi) is 12.5. The van der Waals surface area contributed by atoms with E-state index < -0.39 is 25.2 Å². The Labute approximate surface area is 177 Å². The molecule has 0 bridgehead atoms. The van der Waals surface area contributed by atoms with Crippen molar-refractivity contribution in [2.45, 2.75) is 71.1 Å². The molecule has 1 fully saturated rings. The fraction of sp³-hybridized carbons (Fsp3) is 1.00. The van der Waals surface area contributed by atoms with Crippen LogP contribution in [-0.4, -0.2) is 62.6 Å². The number of halogens is 1. The molecule has 9 heteroatoms. The van der Waals surface area contributed by atoms with Crippen molar-refractivity contribution in [3.05, 3.63) is 0 Å². The summed E-state index contributed by atoms with van der Waals surface area (Å²) in [6, 6.07) is 0. The fourth-order valence-corrected chi connectivity index (χ4v) is 6.37. The number of nitrogens with zero attached hydrogens (tertiary/aromatic N) is 1. The first-order valence-corrected chi connectivity index (χ1v) is 14.6. The summed E-state index contributed by atoms with van der Waals surface area (Å²) in [5.41, 5.74) is 0. The first-order valence-electron chi connectivity index (χ1n) is 10.6. The van der Waals surface area contributed by atoms with Crippen LogP contribution in [0.2, 0.25) is 0 Å². The summed E-state index contributed by atoms with van der Waals surface area (Å²) in [6.07, 6.45) is 12.5. The first kappa shape index (κ1) is 26.1. The zero-order valence-corrected chi connectivity index (χ0v) is 19.6. The Hall–Kier alpha value is 0.110. The summed E-state index contributed by atoms with van der Waals surface area (Å²) in [7, 11) is -7.52. The number of unbranched alkanes of at least 4 members (excludes halogenated alkanes) is 9. The zero-order valence-electron chi connectivity index (χ0n) is 17.2. The zero-order chi connectivity index (χ0) is 21.0. The molecule has 0 aromatic carbocycles. The van der Waals surface area contributed by atoms with Gasteiger partial charge in [0.05, 0.1) is 11.5 Å². The van der Waals surface area contributed by atoms with E-state index in [1.54, 1.807) is 0 Å². The minimum absolute atomic E-state index is 0.120. The molecule has 2 atom stereocenters. The number of hydrogen-bond acceptors (Lipinski definition) is 5. The third kappa shape index (κ3) is 12.0. The highest BCUT2D eigenvalue weighted by Crippen LogP contribution is 2.27. The molecule has 1 rings (SSSR count). The van der Waals surface area contributed by atoms with Gasteiger partial charge in [0.15, 0.2) is 9.84 Å². The smallest absolute Gasteiger partial charge is 0.265 e. The van der Waals surface area contributed by atoms with Crippen molar-refractivity contribution in [1.82, 2.24) is 4.90 Å². The second-order valence-corrected chi connectivity index (χ2v) is 12.4. The number of likely N-dealkylation sites (tertiary alicyclic amines) is 1. The average molecular weight is 460 g/mol. The molecule has 0 spiro atoms. The van der Waals surface area contributed by atoms with Crippen LogP contribution in [-0.2, 0) is 20.0 Å². The van der Waals surface area contributed by atoms with Crippen LogP contribution in [0.4, 0.5) is 0 Å². The highest BCUT2D eigenvalue weighted by molar-refractivity contribution is 7.92. The van der Waals surface area contributed by atoms with E-state index in [-0.39, 0.29) is 23.3 Å². The average Bonchev–Trinajstić information content (AvgIpc) is 2.95. The highest BCUT2D eigenvalue weighted by atomic mass is 35.5. The fourth-order valence-electron chi connectivity index (χ4n) is 4.06. The van der Waals surface area contributed by atoms with Gasteiger partial charge < -0.3 is 4.90 Å². The second-order valence-electron chi connectivity index (χ2n) is 8.23. The van der Waals surface area contributed by atoms with Crippen molar-refractivity contribution in [2.75, 3.05) is 36.4 Å². The van der Waals surface area contributed by atoms with Crippen LogP contribution >= 0.6 is 11.6 Å². The third-order valence-electron chi connectivity index (χ3n) is 5.54. The summed E-state index contributed by atoms with van der Waals surface area (Å²) in [4.78, 5) is 2.13. The SMILES string of the molecule is CCCCCCCCCCCCN1CC(CS(=O)(=O)O)C(CS(=O)(=O)CCl)C1. The van der Waals surface area contributed by atoms with Crippen molar-refractivity contribution in [2.24, 2.45) is 11.8 Å². The summed E-state index contributed by atoms with van der Waals surface area (Å²) in [5, 5.41) is -0.458. The van der Waals surface area contributed by atoms with Gasteiger partial charge in [0.25, 0.3) is 10.1 Å². The van der Waals surface area contributed by atoms with Gasteiger partial charge in [0, 0.05) is 13.1 Å². The van der Waals surface area contributed by atoms with Gasteiger partial charge in [0.1, 0.15) is 5.21 Å². The lowest BCUT2D eigenvalue weighted by Gasteiger charge is -2.16. The molecule has 28 heavy (non-hydrogen) atoms. The lowest BCUT2D eigenvalue weighted by Crippen LogP contribution is -2.28. The van der Waals surface area contributed by atoms with E-state index in [9.17, 15) is 21.4 Å². The quantitative estimate of drug-likeness (QED) is 0.213. The van der Waals surface area contributed by atoms with E-state index in [1.165, 1.54) is 51.4 Å². The van der Waals surface area contributed by atoms with Gasteiger partial charge in [-0.25, -0.2) is 8.42 Å². The van der Waals surface area contributed by atoms with Crippen molar-refractivity contribution >= 4 is 31.6 Å². The second kappa shape index (κ2) is 13.4. The molecule has 0 radical (unpaired) electrons. The molecule has 6 nitrogen and oxygen atoms in total. The minimum Gasteiger partial charge on any atom is -0.303 e. The lowest BCUT2D eigenvalue weighted by atomic mass is 10.0. The molecule has 0 aliphatic carbocycles. The van der Waals surface area contributed by atoms with Crippen molar-refractivity contribution in [1.29, 1.82) is 0 Å². The van der Waals surface area contributed by atoms with Crippen molar-refractivity contribution < 1.29 is 21.4 Å². The maximum Gasteiger partial charge on any atom is 0.265 e. The van der Waals surface area contributed by atoms with Gasteiger partial charge in [-0.05, 0) is 24.8 Å². The minimum atomic E-state index is -4.12. The largest absolute Gasteiger partial charge is 0.303 e. The van der Waals surface area contributed by atoms with Gasteiger partial charge in [-0.15, -0.1) is 11.6 Å². The molecule has 168 valence electrons. The van der Waals surface area contributed by atoms with Crippen LogP contribution in [0.3, 0.4) is 0 Å². The van der Waals surface area contributed by atoms with Crippen LogP contribution in [0, 0.1) is 11.8 Å². The third-order valence-corrected chi connectivity index (χ3v) is 8.65. The number of hydrogen-bond donors (Lipinski definition) is 1. The van der Waals surface area contributed by atoms with E-state index >= 15 is 0 Å². The highest BCUT2D eigenvalue weighted by Gasteiger charge is 2.37. The Balaban J connectivity index is 2.30. The molecule has 1 aliphatic rings. The monoisotopic (exact) mass is 459 g/mol. The lowest BCUT2D eigenvalue weighted by molar-refractivity contribution is 0.313. The Morgan fingerprint density at radius 1 is 0.821 bits per heavy atom. The maximum absolute atomic E-state index is 11.9. The summed E-state index contributed by atoms with van der Waals surface area (Å²) < 4.78 is 55.4. The molecule has 0 saturated carbocycles. The van der Waals surface area contributed by atoms with Gasteiger partial charge in [-0.1, -0.05) is 64.7 Å². The summed E-state index contributed by atoms with van der Waals surface area (Å²) in [5.74, 6) is -1.17. The maximum atomic E-state index is 11.9. The van der Waals surface area contributed by atoms with E-state index in [0.717, 1.165) is 19.4 Å². The summed E-state index contributed by atoms with van der Waals surface area (Å²) >= 11 is 5.50. The van der Waals surface area contributed by atoms with E-state index in [0.29, 0.717) is 13.1 Å². The topological polar surface area (TPSA) is 91.8 Å². The standard InChI is InChI=1S/C19H38ClNO5S2/c1-2-3-4-5-6-7-8-9-10-11-12-21-13-18(15-27(22,23)17-20)19(14-21)16-28(24,25)26/h18-19H,2-17H2,1H3,(H,24,25,26). The summed E-state index contributed by atoms with van der Waals surface area (Å²) in [6.45, 7) is 4.13. The van der Waals surface area contributed by atoms with Crippen LogP contribution in [0.5, 0.6) is 0 Å². The number of rotatable bonds is 16. The van der Waals surface area contributed by atoms with Crippen molar-refractivity contribution in [3.8, 4) is 0 Å². The molecular weight excluding hydrogens is 422 g/mol. The molecule has 1 aliphatic heterocycles. The van der Waals surface area contributed by atoms with Gasteiger partial charge in [-0.3, -0.25) is 4.55 Å². The number of alkyl halides is 1. The Morgan fingerprint density at radius 3 is 1.75 bits per heavy atom. The van der Waals surface area contributed by atoms with Gasteiger partial charge >= 0.3 is 0 Å². The van der Waals surface area contributed by atoms with Gasteiger partial charge in [-0.2, -0.15) is 8.42 Å². The molecule has 2 unspecified atom stereocenters. The molecule has 0 amide bonds. The Bertz CT molecular complexity index is 624. The van der Waals surface area contributed by atoms with E-state index in [1.807, 2.05) is 0 Å². The predicted octanol–water partition coefficient (Wildman–Crippen LogP) is 3.95. The normalized spacial score (nSPS) is 21.4. The van der Waals surface area contributed by atoms with Crippen molar-refractivity contribution in [3.63, 3.8) is 0 Å². The molecule has 0 aromatic heterocycles. The van der Waals surface area contributed by atoms with Crippen LogP contribution in [0.15, 0.2) is 0 Å². The molecule has 1 saturated heterocycles. The van der Waals surface area contributed by atoms with Crippen LogP contribution in [0.25, 0.3) is 0 Å². The van der Waals surface area contributed by atoms with E-state index in [4.69, 9.17) is 11.6 Å². The van der Waals surface area contributed by atoms with E-state index in [2.05, 4.69) is 11.8 Å². The molecule has 0 aromatic rings. The number of sulfone groups is 1. The molecular formula is C19H38ClNO5S2. The van der Waals surface area contributed by atoms with Gasteiger partial charge in [0.2, 0.25) is 0 Å². The molecule has 1 heterocycles.